The number of hydrogen-bond acceptors (Lipinski definition) is 5. The van der Waals surface area contributed by atoms with E-state index in [1.54, 1.807) is 30.0 Å². The highest BCUT2D eigenvalue weighted by atomic mass is 32.2. The number of benzene rings is 1. The molecule has 20 heavy (non-hydrogen) atoms. The van der Waals surface area contributed by atoms with Gasteiger partial charge in [0.05, 0.1) is 22.3 Å². The Kier molecular flexibility index (Phi) is 6.53. The summed E-state index contributed by atoms with van der Waals surface area (Å²) in [5, 5.41) is 8.82. The van der Waals surface area contributed by atoms with Crippen molar-refractivity contribution >= 4 is 21.6 Å². The third-order valence-electron chi connectivity index (χ3n) is 3.20. The minimum Gasteiger partial charge on any atom is -0.302 e. The maximum atomic E-state index is 12.2. The quantitative estimate of drug-likeness (QED) is 0.771. The molecule has 0 saturated carbocycles. The second-order valence-corrected chi connectivity index (χ2v) is 7.76. The fraction of sp³-hybridized carbons (Fsp3) is 0.500. The molecule has 0 amide bonds. The highest BCUT2D eigenvalue weighted by molar-refractivity contribution is 7.98. The fourth-order valence-corrected chi connectivity index (χ4v) is 3.82. The topological polar surface area (TPSA) is 61.2 Å². The molecular formula is C14H20N2O2S2. The lowest BCUT2D eigenvalue weighted by Gasteiger charge is -2.23. The molecule has 0 radical (unpaired) electrons. The Labute approximate surface area is 125 Å². The molecule has 1 atom stereocenters. The number of sulfone groups is 1. The minimum absolute atomic E-state index is 0.0666. The van der Waals surface area contributed by atoms with Crippen LogP contribution in [0.5, 0.6) is 0 Å². The molecule has 0 bridgehead atoms. The Morgan fingerprint density at radius 2 is 2.15 bits per heavy atom. The van der Waals surface area contributed by atoms with Gasteiger partial charge in [0.15, 0.2) is 9.84 Å². The fourth-order valence-electron chi connectivity index (χ4n) is 1.73. The van der Waals surface area contributed by atoms with Crippen molar-refractivity contribution in [3.05, 3.63) is 29.8 Å². The van der Waals surface area contributed by atoms with Gasteiger partial charge in [-0.15, -0.1) is 0 Å². The standard InChI is InChI=1S/C14H20N2O2S2/c1-12(11-19-3)16(2)7-8-20(17,18)14-6-4-5-13(9-14)10-15/h4-6,9,12H,7-8,11H2,1-3H3/t12-/m1/s1. The average Bonchev–Trinajstić information content (AvgIpc) is 2.45. The lowest BCUT2D eigenvalue weighted by atomic mass is 10.2. The second kappa shape index (κ2) is 7.67. The van der Waals surface area contributed by atoms with E-state index in [2.05, 4.69) is 6.92 Å². The molecule has 110 valence electrons. The zero-order valence-corrected chi connectivity index (χ0v) is 13.7. The van der Waals surface area contributed by atoms with Crippen LogP contribution in [0.15, 0.2) is 29.2 Å². The number of nitrogens with zero attached hydrogens (tertiary/aromatic N) is 2. The van der Waals surface area contributed by atoms with E-state index in [4.69, 9.17) is 5.26 Å². The van der Waals surface area contributed by atoms with Crippen molar-refractivity contribution in [2.45, 2.75) is 17.9 Å². The third-order valence-corrected chi connectivity index (χ3v) is 5.70. The first-order chi connectivity index (χ1) is 9.40. The van der Waals surface area contributed by atoms with Crippen molar-refractivity contribution in [3.8, 4) is 6.07 Å². The average molecular weight is 312 g/mol. The van der Waals surface area contributed by atoms with Crippen LogP contribution in [0, 0.1) is 11.3 Å². The van der Waals surface area contributed by atoms with Crippen molar-refractivity contribution in [2.24, 2.45) is 0 Å². The summed E-state index contributed by atoms with van der Waals surface area (Å²) in [6.45, 7) is 2.57. The smallest absolute Gasteiger partial charge is 0.179 e. The van der Waals surface area contributed by atoms with Crippen molar-refractivity contribution in [3.63, 3.8) is 0 Å². The Hall–Kier alpha value is -1.03. The summed E-state index contributed by atoms with van der Waals surface area (Å²) in [7, 11) is -1.40. The lowest BCUT2D eigenvalue weighted by molar-refractivity contribution is 0.294. The van der Waals surface area contributed by atoms with Gasteiger partial charge in [-0.05, 0) is 38.4 Å². The molecule has 0 aliphatic carbocycles. The van der Waals surface area contributed by atoms with Crippen LogP contribution in [0.2, 0.25) is 0 Å². The van der Waals surface area contributed by atoms with Crippen molar-refractivity contribution < 1.29 is 8.42 Å². The molecule has 1 aromatic rings. The Bertz CT molecular complexity index is 579. The van der Waals surface area contributed by atoms with Gasteiger partial charge in [-0.2, -0.15) is 17.0 Å². The van der Waals surface area contributed by atoms with E-state index < -0.39 is 9.84 Å². The molecule has 0 heterocycles. The van der Waals surface area contributed by atoms with E-state index in [1.807, 2.05) is 24.3 Å². The van der Waals surface area contributed by atoms with Gasteiger partial charge < -0.3 is 4.90 Å². The van der Waals surface area contributed by atoms with Crippen molar-refractivity contribution in [1.29, 1.82) is 5.26 Å². The molecule has 0 aliphatic heterocycles. The Balaban J connectivity index is 2.73. The van der Waals surface area contributed by atoms with Gasteiger partial charge in [-0.25, -0.2) is 8.42 Å². The van der Waals surface area contributed by atoms with Crippen LogP contribution in [0.25, 0.3) is 0 Å². The van der Waals surface area contributed by atoms with Crippen molar-refractivity contribution in [1.82, 2.24) is 4.90 Å². The van der Waals surface area contributed by atoms with E-state index in [-0.39, 0.29) is 10.6 Å². The van der Waals surface area contributed by atoms with Crippen LogP contribution in [-0.4, -0.2) is 50.7 Å². The molecule has 0 saturated heterocycles. The number of nitriles is 1. The molecule has 6 heteroatoms. The van der Waals surface area contributed by atoms with Crippen LogP contribution in [0.4, 0.5) is 0 Å². The van der Waals surface area contributed by atoms with Gasteiger partial charge in [-0.1, -0.05) is 6.07 Å². The molecule has 1 aromatic carbocycles. The monoisotopic (exact) mass is 312 g/mol. The van der Waals surface area contributed by atoms with E-state index in [0.717, 1.165) is 5.75 Å². The lowest BCUT2D eigenvalue weighted by Crippen LogP contribution is -2.34. The predicted octanol–water partition coefficient (Wildman–Crippen LogP) is 2.02. The molecule has 0 fully saturated rings. The summed E-state index contributed by atoms with van der Waals surface area (Å²) in [6, 6.07) is 8.48. The maximum Gasteiger partial charge on any atom is 0.179 e. The van der Waals surface area contributed by atoms with Gasteiger partial charge in [-0.3, -0.25) is 0 Å². The van der Waals surface area contributed by atoms with E-state index >= 15 is 0 Å². The Morgan fingerprint density at radius 1 is 1.45 bits per heavy atom. The summed E-state index contributed by atoms with van der Waals surface area (Å²) >= 11 is 1.75. The zero-order chi connectivity index (χ0) is 15.2. The van der Waals surface area contributed by atoms with Gasteiger partial charge in [0.1, 0.15) is 0 Å². The maximum absolute atomic E-state index is 12.2. The molecule has 1 rings (SSSR count). The van der Waals surface area contributed by atoms with Gasteiger partial charge >= 0.3 is 0 Å². The first-order valence-electron chi connectivity index (χ1n) is 6.33. The van der Waals surface area contributed by atoms with Gasteiger partial charge in [0.2, 0.25) is 0 Å². The zero-order valence-electron chi connectivity index (χ0n) is 12.0. The largest absolute Gasteiger partial charge is 0.302 e. The summed E-state index contributed by atoms with van der Waals surface area (Å²) in [5.74, 6) is 1.04. The highest BCUT2D eigenvalue weighted by Gasteiger charge is 2.17. The SMILES string of the molecule is CSC[C@@H](C)N(C)CCS(=O)(=O)c1cccc(C#N)c1. The third kappa shape index (κ3) is 4.82. The summed E-state index contributed by atoms with van der Waals surface area (Å²) in [5.41, 5.74) is 0.371. The number of thioether (sulfide) groups is 1. The van der Waals surface area contributed by atoms with E-state index in [0.29, 0.717) is 18.2 Å². The van der Waals surface area contributed by atoms with Gasteiger partial charge in [0.25, 0.3) is 0 Å². The predicted molar refractivity (Wildman–Crippen MR) is 83.7 cm³/mol. The van der Waals surface area contributed by atoms with Gasteiger partial charge in [0, 0.05) is 18.3 Å². The molecule has 0 aliphatic rings. The molecule has 0 unspecified atom stereocenters. The van der Waals surface area contributed by atoms with Crippen LogP contribution >= 0.6 is 11.8 Å². The molecular weight excluding hydrogens is 292 g/mol. The van der Waals surface area contributed by atoms with Crippen LogP contribution in [0.1, 0.15) is 12.5 Å². The second-order valence-electron chi connectivity index (χ2n) is 4.74. The normalized spacial score (nSPS) is 13.2. The molecule has 0 spiro atoms. The summed E-state index contributed by atoms with van der Waals surface area (Å²) in [4.78, 5) is 2.27. The first kappa shape index (κ1) is 17.0. The first-order valence-corrected chi connectivity index (χ1v) is 9.37. The van der Waals surface area contributed by atoms with Crippen molar-refractivity contribution in [2.75, 3.05) is 31.4 Å². The summed E-state index contributed by atoms with van der Waals surface area (Å²) in [6.07, 6.45) is 2.04. The number of rotatable bonds is 7. The van der Waals surface area contributed by atoms with E-state index in [1.165, 1.54) is 6.07 Å². The van der Waals surface area contributed by atoms with E-state index in [9.17, 15) is 8.42 Å². The van der Waals surface area contributed by atoms with Crippen LogP contribution < -0.4 is 0 Å². The minimum atomic E-state index is -3.34. The van der Waals surface area contributed by atoms with Crippen LogP contribution in [-0.2, 0) is 9.84 Å². The molecule has 0 N–H and O–H groups in total. The Morgan fingerprint density at radius 3 is 2.75 bits per heavy atom. The molecule has 0 aromatic heterocycles. The summed E-state index contributed by atoms with van der Waals surface area (Å²) < 4.78 is 24.5. The number of hydrogen-bond donors (Lipinski definition) is 0. The van der Waals surface area contributed by atoms with Crippen LogP contribution in [0.3, 0.4) is 0 Å². The molecule has 4 nitrogen and oxygen atoms in total. The highest BCUT2D eigenvalue weighted by Crippen LogP contribution is 2.13.